The maximum atomic E-state index is 12.7. The average Bonchev–Trinajstić information content (AvgIpc) is 3.39. The van der Waals surface area contributed by atoms with Gasteiger partial charge in [0.1, 0.15) is 5.69 Å². The Morgan fingerprint density at radius 1 is 1.19 bits per heavy atom. The molecule has 0 bridgehead atoms. The minimum atomic E-state index is -0.0104. The van der Waals surface area contributed by atoms with Gasteiger partial charge in [-0.05, 0) is 26.0 Å². The summed E-state index contributed by atoms with van der Waals surface area (Å²) in [5.41, 5.74) is 1.37. The van der Waals surface area contributed by atoms with Gasteiger partial charge in [0.2, 0.25) is 16.9 Å². The van der Waals surface area contributed by atoms with Crippen molar-refractivity contribution in [3.8, 4) is 0 Å². The van der Waals surface area contributed by atoms with Crippen LogP contribution in [-0.2, 0) is 16.0 Å². The first-order chi connectivity index (χ1) is 15.0. The Bertz CT molecular complexity index is 1060. The number of piperazine rings is 1. The van der Waals surface area contributed by atoms with Crippen molar-refractivity contribution in [3.63, 3.8) is 0 Å². The lowest BCUT2D eigenvalue weighted by atomic mass is 10.1. The predicted molar refractivity (Wildman–Crippen MR) is 120 cm³/mol. The number of thioether (sulfide) groups is 1. The van der Waals surface area contributed by atoms with E-state index >= 15 is 0 Å². The predicted octanol–water partition coefficient (Wildman–Crippen LogP) is 2.19. The molecule has 11 heteroatoms. The lowest BCUT2D eigenvalue weighted by Gasteiger charge is -2.34. The normalized spacial score (nSPS) is 14.4. The first kappa shape index (κ1) is 21.6. The summed E-state index contributed by atoms with van der Waals surface area (Å²) in [5, 5.41) is 17.1. The Morgan fingerprint density at radius 2 is 1.97 bits per heavy atom. The molecule has 2 amide bonds. The van der Waals surface area contributed by atoms with Crippen LogP contribution in [0.25, 0.3) is 11.0 Å². The molecule has 1 saturated heterocycles. The van der Waals surface area contributed by atoms with E-state index in [9.17, 15) is 9.59 Å². The number of hydrogen-bond acceptors (Lipinski definition) is 9. The van der Waals surface area contributed by atoms with E-state index in [2.05, 4.69) is 25.6 Å². The fourth-order valence-corrected chi connectivity index (χ4v) is 5.05. The fraction of sp³-hybridized carbons (Fsp3) is 0.450. The molecule has 0 unspecified atom stereocenters. The molecule has 1 aliphatic heterocycles. The number of anilines is 1. The number of nitrogens with zero attached hydrogens (tertiary/aromatic N) is 5. The summed E-state index contributed by atoms with van der Waals surface area (Å²) in [7, 11) is 0. The fourth-order valence-electron chi connectivity index (χ4n) is 3.35. The van der Waals surface area contributed by atoms with E-state index in [0.29, 0.717) is 43.2 Å². The lowest BCUT2D eigenvalue weighted by Crippen LogP contribution is -2.49. The quantitative estimate of drug-likeness (QED) is 0.535. The van der Waals surface area contributed by atoms with Crippen molar-refractivity contribution < 1.29 is 14.1 Å². The smallest absolute Gasteiger partial charge is 0.230 e. The summed E-state index contributed by atoms with van der Waals surface area (Å²) in [6, 6.07) is 7.69. The van der Waals surface area contributed by atoms with Crippen LogP contribution in [0, 0.1) is 0 Å². The van der Waals surface area contributed by atoms with Gasteiger partial charge in [-0.15, -0.1) is 10.2 Å². The van der Waals surface area contributed by atoms with Crippen LogP contribution in [-0.4, -0.2) is 70.0 Å². The number of fused-ring (bicyclic) bond motifs is 1. The molecule has 4 rings (SSSR count). The molecule has 1 N–H and O–H groups in total. The molecule has 3 heterocycles. The van der Waals surface area contributed by atoms with E-state index in [0.717, 1.165) is 14.9 Å². The number of hydrogen-bond donors (Lipinski definition) is 1. The van der Waals surface area contributed by atoms with Crippen molar-refractivity contribution in [2.45, 2.75) is 30.6 Å². The summed E-state index contributed by atoms with van der Waals surface area (Å²) in [5.74, 6) is 0.360. The Hall–Kier alpha value is -2.66. The molecule has 0 radical (unpaired) electrons. The summed E-state index contributed by atoms with van der Waals surface area (Å²) in [4.78, 5) is 28.5. The van der Waals surface area contributed by atoms with Gasteiger partial charge >= 0.3 is 0 Å². The van der Waals surface area contributed by atoms with Crippen LogP contribution >= 0.6 is 23.1 Å². The first-order valence-corrected chi connectivity index (χ1v) is 11.9. The summed E-state index contributed by atoms with van der Waals surface area (Å²) in [6.45, 7) is 6.49. The Balaban J connectivity index is 1.27. The minimum absolute atomic E-state index is 0.0104. The average molecular weight is 461 g/mol. The zero-order valence-electron chi connectivity index (χ0n) is 17.4. The van der Waals surface area contributed by atoms with Crippen molar-refractivity contribution in [2.75, 3.05) is 36.8 Å². The highest BCUT2D eigenvalue weighted by Gasteiger charge is 2.25. The molecule has 0 saturated carbocycles. The number of carbonyl (C=O) groups is 2. The van der Waals surface area contributed by atoms with Gasteiger partial charge in [0.15, 0.2) is 9.92 Å². The second kappa shape index (κ2) is 9.65. The van der Waals surface area contributed by atoms with Crippen molar-refractivity contribution in [2.24, 2.45) is 0 Å². The van der Waals surface area contributed by atoms with Gasteiger partial charge in [-0.2, -0.15) is 0 Å². The second-order valence-corrected chi connectivity index (χ2v) is 9.71. The van der Waals surface area contributed by atoms with Gasteiger partial charge in [-0.3, -0.25) is 9.59 Å². The van der Waals surface area contributed by atoms with Gasteiger partial charge in [0.25, 0.3) is 0 Å². The Morgan fingerprint density at radius 3 is 2.74 bits per heavy atom. The zero-order chi connectivity index (χ0) is 21.8. The molecule has 1 aliphatic rings. The Labute approximate surface area is 188 Å². The highest BCUT2D eigenvalue weighted by molar-refractivity contribution is 8.01. The number of benzene rings is 1. The number of carbonyl (C=O) groups excluding carboxylic acids is 2. The van der Waals surface area contributed by atoms with Crippen LogP contribution < -0.4 is 10.2 Å². The maximum absolute atomic E-state index is 12.7. The second-order valence-electron chi connectivity index (χ2n) is 7.53. The number of aromatic nitrogens is 3. The first-order valence-electron chi connectivity index (χ1n) is 10.1. The van der Waals surface area contributed by atoms with Gasteiger partial charge in [0, 0.05) is 37.6 Å². The lowest BCUT2D eigenvalue weighted by molar-refractivity contribution is -0.130. The highest BCUT2D eigenvalue weighted by atomic mass is 32.2. The number of nitrogens with one attached hydrogen (secondary N) is 1. The van der Waals surface area contributed by atoms with Crippen LogP contribution in [0.2, 0.25) is 0 Å². The third-order valence-electron chi connectivity index (χ3n) is 4.85. The summed E-state index contributed by atoms with van der Waals surface area (Å²) < 4.78 is 6.07. The van der Waals surface area contributed by atoms with Crippen LogP contribution in [0.3, 0.4) is 0 Å². The van der Waals surface area contributed by atoms with E-state index in [1.165, 1.54) is 23.1 Å². The molecule has 164 valence electrons. The number of rotatable bonds is 7. The monoisotopic (exact) mass is 460 g/mol. The molecular formula is C20H24N6O3S2. The summed E-state index contributed by atoms with van der Waals surface area (Å²) in [6.07, 6.45) is 0.231. The molecular weight excluding hydrogens is 436 g/mol. The largest absolute Gasteiger partial charge is 0.356 e. The van der Waals surface area contributed by atoms with Crippen molar-refractivity contribution in [1.29, 1.82) is 0 Å². The maximum Gasteiger partial charge on any atom is 0.230 e. The topological polar surface area (TPSA) is 104 Å². The van der Waals surface area contributed by atoms with Gasteiger partial charge < -0.3 is 19.6 Å². The van der Waals surface area contributed by atoms with E-state index in [4.69, 9.17) is 4.52 Å². The molecule has 0 atom stereocenters. The molecule has 3 aromatic rings. The molecule has 9 nitrogen and oxygen atoms in total. The minimum Gasteiger partial charge on any atom is -0.356 e. The third kappa shape index (κ3) is 5.34. The molecule has 0 spiro atoms. The van der Waals surface area contributed by atoms with E-state index < -0.39 is 0 Å². The van der Waals surface area contributed by atoms with Gasteiger partial charge in [-0.1, -0.05) is 40.4 Å². The van der Waals surface area contributed by atoms with Gasteiger partial charge in [0.05, 0.1) is 12.2 Å². The van der Waals surface area contributed by atoms with E-state index in [-0.39, 0.29) is 24.3 Å². The van der Waals surface area contributed by atoms with E-state index in [1.807, 2.05) is 43.0 Å². The zero-order valence-corrected chi connectivity index (χ0v) is 19.0. The molecule has 0 aliphatic carbocycles. The number of para-hydroxylation sites is 1. The van der Waals surface area contributed by atoms with E-state index in [1.54, 1.807) is 0 Å². The molecule has 2 aromatic heterocycles. The SMILES string of the molecule is CC(C)NC(=O)CSc1nnc(N2CCN(C(=O)Cc3noc4ccccc34)CC2)s1. The van der Waals surface area contributed by atoms with Gasteiger partial charge in [-0.25, -0.2) is 0 Å². The standard InChI is InChI=1S/C20H24N6O3S2/c1-13(2)21-17(27)12-30-20-23-22-19(31-20)26-9-7-25(8-10-26)18(28)11-15-14-5-3-4-6-16(14)29-24-15/h3-6,13H,7-12H2,1-2H3,(H,21,27). The van der Waals surface area contributed by atoms with Crippen LogP contribution in [0.1, 0.15) is 19.5 Å². The van der Waals surface area contributed by atoms with Crippen molar-refractivity contribution in [3.05, 3.63) is 30.0 Å². The van der Waals surface area contributed by atoms with Crippen LogP contribution in [0.15, 0.2) is 33.1 Å². The molecule has 1 aromatic carbocycles. The molecule has 1 fully saturated rings. The molecule has 31 heavy (non-hydrogen) atoms. The number of amides is 2. The van der Waals surface area contributed by atoms with Crippen molar-refractivity contribution >= 4 is 51.0 Å². The summed E-state index contributed by atoms with van der Waals surface area (Å²) >= 11 is 2.87. The van der Waals surface area contributed by atoms with Crippen LogP contribution in [0.5, 0.6) is 0 Å². The van der Waals surface area contributed by atoms with Crippen LogP contribution in [0.4, 0.5) is 5.13 Å². The Kier molecular flexibility index (Phi) is 6.71. The van der Waals surface area contributed by atoms with Crippen molar-refractivity contribution in [1.82, 2.24) is 25.6 Å². The highest BCUT2D eigenvalue weighted by Crippen LogP contribution is 2.28. The third-order valence-corrected chi connectivity index (χ3v) is 6.96.